The van der Waals surface area contributed by atoms with Crippen LogP contribution in [0.1, 0.15) is 12.0 Å². The van der Waals surface area contributed by atoms with Gasteiger partial charge >= 0.3 is 0 Å². The summed E-state index contributed by atoms with van der Waals surface area (Å²) >= 11 is 5.89. The molecule has 1 fully saturated rings. The van der Waals surface area contributed by atoms with Crippen LogP contribution in [0.2, 0.25) is 5.02 Å². The highest BCUT2D eigenvalue weighted by Gasteiger charge is 2.14. The molecular weight excluding hydrogens is 196 g/mol. The van der Waals surface area contributed by atoms with Gasteiger partial charge in [0.2, 0.25) is 0 Å². The molecule has 1 unspecified atom stereocenters. The van der Waals surface area contributed by atoms with E-state index in [-0.39, 0.29) is 0 Å². The van der Waals surface area contributed by atoms with Crippen LogP contribution < -0.4 is 10.6 Å². The second-order valence-corrected chi connectivity index (χ2v) is 4.23. The molecule has 1 aromatic rings. The van der Waals surface area contributed by atoms with Crippen molar-refractivity contribution in [3.8, 4) is 0 Å². The van der Waals surface area contributed by atoms with Crippen molar-refractivity contribution in [2.24, 2.45) is 0 Å². The van der Waals surface area contributed by atoms with Crippen LogP contribution >= 0.6 is 11.6 Å². The van der Waals surface area contributed by atoms with Gasteiger partial charge in [-0.3, -0.25) is 0 Å². The summed E-state index contributed by atoms with van der Waals surface area (Å²) in [6, 6.07) is 6.54. The first-order chi connectivity index (χ1) is 6.75. The Balaban J connectivity index is 2.08. The first-order valence-corrected chi connectivity index (χ1v) is 5.37. The molecule has 0 spiro atoms. The second-order valence-electron chi connectivity index (χ2n) is 3.79. The lowest BCUT2D eigenvalue weighted by Gasteiger charge is -2.15. The van der Waals surface area contributed by atoms with Gasteiger partial charge in [0, 0.05) is 23.3 Å². The van der Waals surface area contributed by atoms with E-state index in [1.807, 2.05) is 12.1 Å². The molecule has 1 heterocycles. The lowest BCUT2D eigenvalue weighted by Crippen LogP contribution is -2.22. The minimum absolute atomic E-state index is 0.565. The fourth-order valence-electron chi connectivity index (χ4n) is 1.79. The summed E-state index contributed by atoms with van der Waals surface area (Å²) in [5.74, 6) is 0. The fourth-order valence-corrected chi connectivity index (χ4v) is 2.01. The number of aryl methyl sites for hydroxylation is 1. The van der Waals surface area contributed by atoms with Gasteiger partial charge in [0.25, 0.3) is 0 Å². The Labute approximate surface area is 89.7 Å². The molecule has 2 rings (SSSR count). The minimum Gasteiger partial charge on any atom is -0.381 e. The van der Waals surface area contributed by atoms with E-state index >= 15 is 0 Å². The third-order valence-corrected chi connectivity index (χ3v) is 2.84. The lowest BCUT2D eigenvalue weighted by molar-refractivity contribution is 0.792. The molecule has 76 valence electrons. The van der Waals surface area contributed by atoms with E-state index in [0.717, 1.165) is 18.1 Å². The van der Waals surface area contributed by atoms with Crippen LogP contribution in [-0.2, 0) is 0 Å². The zero-order chi connectivity index (χ0) is 9.97. The van der Waals surface area contributed by atoms with Gasteiger partial charge in [-0.15, -0.1) is 0 Å². The maximum atomic E-state index is 5.89. The van der Waals surface area contributed by atoms with Gasteiger partial charge < -0.3 is 10.6 Å². The van der Waals surface area contributed by atoms with Crippen LogP contribution in [0.4, 0.5) is 5.69 Å². The highest BCUT2D eigenvalue weighted by molar-refractivity contribution is 6.30. The number of hydrogen-bond donors (Lipinski definition) is 2. The SMILES string of the molecule is Cc1cc(Cl)ccc1NC1CCNC1. The zero-order valence-electron chi connectivity index (χ0n) is 8.31. The van der Waals surface area contributed by atoms with E-state index in [4.69, 9.17) is 11.6 Å². The predicted octanol–water partition coefficient (Wildman–Crippen LogP) is 2.42. The maximum Gasteiger partial charge on any atom is 0.0410 e. The summed E-state index contributed by atoms with van der Waals surface area (Å²) in [7, 11) is 0. The van der Waals surface area contributed by atoms with E-state index in [1.54, 1.807) is 0 Å². The van der Waals surface area contributed by atoms with Crippen molar-refractivity contribution in [1.29, 1.82) is 0 Å². The van der Waals surface area contributed by atoms with Crippen LogP contribution in [0.15, 0.2) is 18.2 Å². The summed E-state index contributed by atoms with van der Waals surface area (Å²) in [5, 5.41) is 7.65. The van der Waals surface area contributed by atoms with Crippen molar-refractivity contribution in [2.45, 2.75) is 19.4 Å². The standard InChI is InChI=1S/C11H15ClN2/c1-8-6-9(12)2-3-11(8)14-10-4-5-13-7-10/h2-3,6,10,13-14H,4-5,7H2,1H3. The molecule has 0 aromatic heterocycles. The minimum atomic E-state index is 0.565. The number of halogens is 1. The van der Waals surface area contributed by atoms with Gasteiger partial charge in [-0.05, 0) is 43.7 Å². The molecule has 1 aromatic carbocycles. The summed E-state index contributed by atoms with van der Waals surface area (Å²) in [5.41, 5.74) is 2.41. The van der Waals surface area contributed by atoms with E-state index in [1.165, 1.54) is 17.7 Å². The molecule has 1 saturated heterocycles. The first kappa shape index (κ1) is 9.81. The highest BCUT2D eigenvalue weighted by Crippen LogP contribution is 2.21. The number of benzene rings is 1. The van der Waals surface area contributed by atoms with Gasteiger partial charge in [-0.1, -0.05) is 11.6 Å². The molecule has 1 atom stereocenters. The topological polar surface area (TPSA) is 24.1 Å². The van der Waals surface area contributed by atoms with Crippen LogP contribution in [0.5, 0.6) is 0 Å². The number of rotatable bonds is 2. The van der Waals surface area contributed by atoms with E-state index < -0.39 is 0 Å². The third-order valence-electron chi connectivity index (χ3n) is 2.61. The van der Waals surface area contributed by atoms with Gasteiger partial charge in [0.05, 0.1) is 0 Å². The summed E-state index contributed by atoms with van der Waals surface area (Å²) < 4.78 is 0. The lowest BCUT2D eigenvalue weighted by atomic mass is 10.1. The van der Waals surface area contributed by atoms with Crippen LogP contribution in [0.25, 0.3) is 0 Å². The Hall–Kier alpha value is -0.730. The van der Waals surface area contributed by atoms with Crippen LogP contribution in [0, 0.1) is 6.92 Å². The van der Waals surface area contributed by atoms with Crippen molar-refractivity contribution in [2.75, 3.05) is 18.4 Å². The number of anilines is 1. The van der Waals surface area contributed by atoms with Gasteiger partial charge in [-0.2, -0.15) is 0 Å². The van der Waals surface area contributed by atoms with E-state index in [0.29, 0.717) is 6.04 Å². The summed E-state index contributed by atoms with van der Waals surface area (Å²) in [6.45, 7) is 4.25. The first-order valence-electron chi connectivity index (χ1n) is 4.99. The molecule has 14 heavy (non-hydrogen) atoms. The Kier molecular flexibility index (Phi) is 2.94. The fraction of sp³-hybridized carbons (Fsp3) is 0.455. The number of nitrogens with one attached hydrogen (secondary N) is 2. The molecule has 2 nitrogen and oxygen atoms in total. The van der Waals surface area contributed by atoms with Crippen molar-refractivity contribution in [1.82, 2.24) is 5.32 Å². The highest BCUT2D eigenvalue weighted by atomic mass is 35.5. The normalized spacial score (nSPS) is 21.1. The molecule has 2 N–H and O–H groups in total. The van der Waals surface area contributed by atoms with E-state index in [2.05, 4.69) is 23.6 Å². The quantitative estimate of drug-likeness (QED) is 0.784. The Morgan fingerprint density at radius 3 is 3.00 bits per heavy atom. The van der Waals surface area contributed by atoms with Crippen molar-refractivity contribution >= 4 is 17.3 Å². The molecule has 1 aliphatic heterocycles. The van der Waals surface area contributed by atoms with Crippen LogP contribution in [0.3, 0.4) is 0 Å². The van der Waals surface area contributed by atoms with Crippen LogP contribution in [-0.4, -0.2) is 19.1 Å². The maximum absolute atomic E-state index is 5.89. The summed E-state index contributed by atoms with van der Waals surface area (Å²) in [4.78, 5) is 0. The smallest absolute Gasteiger partial charge is 0.0410 e. The predicted molar refractivity (Wildman–Crippen MR) is 61.1 cm³/mol. The zero-order valence-corrected chi connectivity index (χ0v) is 9.06. The molecule has 3 heteroatoms. The molecule has 0 amide bonds. The van der Waals surface area contributed by atoms with Gasteiger partial charge in [-0.25, -0.2) is 0 Å². The average Bonchev–Trinajstić information content (AvgIpc) is 2.62. The largest absolute Gasteiger partial charge is 0.381 e. The van der Waals surface area contributed by atoms with Crippen molar-refractivity contribution in [3.63, 3.8) is 0 Å². The third kappa shape index (κ3) is 2.20. The second kappa shape index (κ2) is 4.20. The Morgan fingerprint density at radius 2 is 2.36 bits per heavy atom. The van der Waals surface area contributed by atoms with Gasteiger partial charge in [0.1, 0.15) is 0 Å². The molecule has 0 radical (unpaired) electrons. The van der Waals surface area contributed by atoms with Gasteiger partial charge in [0.15, 0.2) is 0 Å². The number of hydrogen-bond acceptors (Lipinski definition) is 2. The average molecular weight is 211 g/mol. The molecule has 0 bridgehead atoms. The van der Waals surface area contributed by atoms with Crippen molar-refractivity contribution in [3.05, 3.63) is 28.8 Å². The monoisotopic (exact) mass is 210 g/mol. The molecule has 0 saturated carbocycles. The Morgan fingerprint density at radius 1 is 1.50 bits per heavy atom. The van der Waals surface area contributed by atoms with E-state index in [9.17, 15) is 0 Å². The van der Waals surface area contributed by atoms with Crippen molar-refractivity contribution < 1.29 is 0 Å². The molecular formula is C11H15ClN2. The summed E-state index contributed by atoms with van der Waals surface area (Å²) in [6.07, 6.45) is 1.20. The molecule has 0 aliphatic carbocycles. The molecule has 1 aliphatic rings. The Bertz CT molecular complexity index is 319.